The Morgan fingerprint density at radius 1 is 1.40 bits per heavy atom. The maximum atomic E-state index is 3.95. The fourth-order valence-electron chi connectivity index (χ4n) is 1.37. The molecule has 0 radical (unpaired) electrons. The van der Waals surface area contributed by atoms with Gasteiger partial charge in [-0.25, -0.2) is 0 Å². The molecule has 1 aliphatic carbocycles. The molecule has 2 atom stereocenters. The van der Waals surface area contributed by atoms with Crippen molar-refractivity contribution in [3.8, 4) is 0 Å². The normalized spacial score (nSPS) is 32.2. The first-order chi connectivity index (χ1) is 4.70. The second-order valence-corrected chi connectivity index (χ2v) is 3.39. The second-order valence-electron chi connectivity index (χ2n) is 3.39. The van der Waals surface area contributed by atoms with Gasteiger partial charge in [-0.1, -0.05) is 31.2 Å². The quantitative estimate of drug-likeness (QED) is 0.486. The van der Waals surface area contributed by atoms with Gasteiger partial charge in [-0.05, 0) is 31.6 Å². The van der Waals surface area contributed by atoms with Gasteiger partial charge in [-0.2, -0.15) is 0 Å². The van der Waals surface area contributed by atoms with Gasteiger partial charge < -0.3 is 0 Å². The molecule has 0 bridgehead atoms. The van der Waals surface area contributed by atoms with Crippen molar-refractivity contribution in [2.45, 2.75) is 26.7 Å². The lowest BCUT2D eigenvalue weighted by molar-refractivity contribution is 0.517. The highest BCUT2D eigenvalue weighted by Crippen LogP contribution is 2.25. The highest BCUT2D eigenvalue weighted by molar-refractivity contribution is 5.10. The topological polar surface area (TPSA) is 0 Å². The molecule has 0 saturated heterocycles. The fraction of sp³-hybridized carbons (Fsp3) is 0.600. The molecule has 0 heteroatoms. The Bertz CT molecular complexity index is 153. The molecule has 0 unspecified atom stereocenters. The van der Waals surface area contributed by atoms with Crippen molar-refractivity contribution in [1.82, 2.24) is 0 Å². The highest BCUT2D eigenvalue weighted by atomic mass is 14.2. The summed E-state index contributed by atoms with van der Waals surface area (Å²) in [7, 11) is 0. The van der Waals surface area contributed by atoms with Gasteiger partial charge in [0.1, 0.15) is 0 Å². The van der Waals surface area contributed by atoms with Gasteiger partial charge in [-0.3, -0.25) is 0 Å². The van der Waals surface area contributed by atoms with Crippen molar-refractivity contribution in [3.63, 3.8) is 0 Å². The van der Waals surface area contributed by atoms with Crippen LogP contribution in [-0.4, -0.2) is 0 Å². The number of hydrogen-bond donors (Lipinski definition) is 0. The molecule has 0 aromatic carbocycles. The molecule has 0 aliphatic heterocycles. The molecule has 0 fully saturated rings. The summed E-state index contributed by atoms with van der Waals surface area (Å²) in [6, 6.07) is 0. The predicted molar refractivity (Wildman–Crippen MR) is 45.8 cm³/mol. The van der Waals surface area contributed by atoms with Gasteiger partial charge in [0.25, 0.3) is 0 Å². The second kappa shape index (κ2) is 3.05. The van der Waals surface area contributed by atoms with Crippen LogP contribution in [0.4, 0.5) is 0 Å². The van der Waals surface area contributed by atoms with Crippen LogP contribution in [0.1, 0.15) is 26.7 Å². The van der Waals surface area contributed by atoms with E-state index in [1.165, 1.54) is 18.4 Å². The Hall–Kier alpha value is -0.520. The van der Waals surface area contributed by atoms with E-state index in [-0.39, 0.29) is 0 Å². The maximum absolute atomic E-state index is 3.95. The van der Waals surface area contributed by atoms with Crippen LogP contribution in [0.2, 0.25) is 0 Å². The molecule has 0 N–H and O–H groups in total. The zero-order valence-electron chi connectivity index (χ0n) is 6.93. The van der Waals surface area contributed by atoms with E-state index < -0.39 is 0 Å². The molecule has 10 heavy (non-hydrogen) atoms. The van der Waals surface area contributed by atoms with Crippen molar-refractivity contribution < 1.29 is 0 Å². The van der Waals surface area contributed by atoms with Crippen molar-refractivity contribution in [2.24, 2.45) is 11.8 Å². The lowest BCUT2D eigenvalue weighted by Gasteiger charge is -2.19. The van der Waals surface area contributed by atoms with Crippen LogP contribution in [0.15, 0.2) is 24.3 Å². The third-order valence-electron chi connectivity index (χ3n) is 2.24. The smallest absolute Gasteiger partial charge is 0.00284 e. The largest absolute Gasteiger partial charge is 0.0995 e. The van der Waals surface area contributed by atoms with Gasteiger partial charge in [0, 0.05) is 0 Å². The molecule has 1 rings (SSSR count). The standard InChI is InChI=1S/C10H16/c1-8(2)10-6-4-9(3)5-7-10/h4,6,9-10H,1,5,7H2,2-3H3/t9-,10+/m0/s1. The predicted octanol–water partition coefficient (Wildman–Crippen LogP) is 3.16. The van der Waals surface area contributed by atoms with Crippen LogP contribution >= 0.6 is 0 Å². The first-order valence-electron chi connectivity index (χ1n) is 4.04. The summed E-state index contributed by atoms with van der Waals surface area (Å²) in [5.41, 5.74) is 1.31. The van der Waals surface area contributed by atoms with E-state index >= 15 is 0 Å². The van der Waals surface area contributed by atoms with Crippen molar-refractivity contribution in [3.05, 3.63) is 24.3 Å². The van der Waals surface area contributed by atoms with Gasteiger partial charge >= 0.3 is 0 Å². The average Bonchev–Trinajstić information content (AvgIpc) is 1.88. The van der Waals surface area contributed by atoms with Crippen LogP contribution in [0.3, 0.4) is 0 Å². The number of allylic oxidation sites excluding steroid dienone is 3. The molecule has 56 valence electrons. The van der Waals surface area contributed by atoms with E-state index in [1.807, 2.05) is 0 Å². The molecule has 0 nitrogen and oxygen atoms in total. The summed E-state index contributed by atoms with van der Waals surface area (Å²) in [4.78, 5) is 0. The average molecular weight is 136 g/mol. The molecule has 0 spiro atoms. The molecular formula is C10H16. The zero-order chi connectivity index (χ0) is 7.56. The van der Waals surface area contributed by atoms with E-state index in [9.17, 15) is 0 Å². The molecule has 1 aliphatic rings. The molecule has 0 aromatic rings. The minimum atomic E-state index is 0.663. The van der Waals surface area contributed by atoms with Crippen molar-refractivity contribution in [2.75, 3.05) is 0 Å². The zero-order valence-corrected chi connectivity index (χ0v) is 6.93. The van der Waals surface area contributed by atoms with E-state index in [0.29, 0.717) is 5.92 Å². The summed E-state index contributed by atoms with van der Waals surface area (Å²) in [6.45, 7) is 8.34. The molecular weight excluding hydrogens is 120 g/mol. The van der Waals surface area contributed by atoms with Crippen molar-refractivity contribution >= 4 is 0 Å². The van der Waals surface area contributed by atoms with Crippen LogP contribution in [0, 0.1) is 11.8 Å². The third kappa shape index (κ3) is 1.73. The summed E-state index contributed by atoms with van der Waals surface area (Å²) in [5, 5.41) is 0. The molecule has 0 saturated carbocycles. The van der Waals surface area contributed by atoms with E-state index in [4.69, 9.17) is 0 Å². The first kappa shape index (κ1) is 7.59. The fourth-order valence-corrected chi connectivity index (χ4v) is 1.37. The summed E-state index contributed by atoms with van der Waals surface area (Å²) in [6.07, 6.45) is 7.24. The Kier molecular flexibility index (Phi) is 2.31. The van der Waals surface area contributed by atoms with Gasteiger partial charge in [-0.15, -0.1) is 0 Å². The molecule has 0 aromatic heterocycles. The molecule has 0 heterocycles. The lowest BCUT2D eigenvalue weighted by Crippen LogP contribution is -2.06. The van der Waals surface area contributed by atoms with Crippen LogP contribution < -0.4 is 0 Å². The maximum Gasteiger partial charge on any atom is -0.00284 e. The number of hydrogen-bond acceptors (Lipinski definition) is 0. The van der Waals surface area contributed by atoms with Crippen LogP contribution in [0.5, 0.6) is 0 Å². The highest BCUT2D eigenvalue weighted by Gasteiger charge is 2.11. The third-order valence-corrected chi connectivity index (χ3v) is 2.24. The van der Waals surface area contributed by atoms with Crippen molar-refractivity contribution in [1.29, 1.82) is 0 Å². The SMILES string of the molecule is C=C(C)[C@@H]1C=C[C@H](C)CC1. The molecule has 0 amide bonds. The minimum absolute atomic E-state index is 0.663. The van der Waals surface area contributed by atoms with Crippen LogP contribution in [0.25, 0.3) is 0 Å². The minimum Gasteiger partial charge on any atom is -0.0995 e. The Morgan fingerprint density at radius 2 is 2.10 bits per heavy atom. The van der Waals surface area contributed by atoms with Crippen LogP contribution in [-0.2, 0) is 0 Å². The monoisotopic (exact) mass is 136 g/mol. The summed E-state index contributed by atoms with van der Waals surface area (Å²) in [5.74, 6) is 1.45. The first-order valence-corrected chi connectivity index (χ1v) is 4.04. The van der Waals surface area contributed by atoms with E-state index in [0.717, 1.165) is 5.92 Å². The number of rotatable bonds is 1. The Morgan fingerprint density at radius 3 is 2.50 bits per heavy atom. The van der Waals surface area contributed by atoms with Gasteiger partial charge in [0.05, 0.1) is 0 Å². The summed E-state index contributed by atoms with van der Waals surface area (Å²) < 4.78 is 0. The van der Waals surface area contributed by atoms with Gasteiger partial charge in [0.2, 0.25) is 0 Å². The van der Waals surface area contributed by atoms with E-state index in [2.05, 4.69) is 32.6 Å². The van der Waals surface area contributed by atoms with E-state index in [1.54, 1.807) is 0 Å². The Balaban J connectivity index is 2.53. The van der Waals surface area contributed by atoms with Gasteiger partial charge in [0.15, 0.2) is 0 Å². The summed E-state index contributed by atoms with van der Waals surface area (Å²) >= 11 is 0. The lowest BCUT2D eigenvalue weighted by atomic mass is 9.86. The Labute approximate surface area is 63.6 Å².